The van der Waals surface area contributed by atoms with Crippen molar-refractivity contribution in [2.45, 2.75) is 18.9 Å². The first-order valence-corrected chi connectivity index (χ1v) is 7.96. The molecule has 1 aromatic rings. The molecule has 8 nitrogen and oxygen atoms in total. The van der Waals surface area contributed by atoms with Crippen molar-refractivity contribution >= 4 is 35.0 Å². The number of thiophene rings is 1. The van der Waals surface area contributed by atoms with Gasteiger partial charge in [0.25, 0.3) is 11.8 Å². The summed E-state index contributed by atoms with van der Waals surface area (Å²) in [7, 11) is 0. The number of hydrogen-bond donors (Lipinski definition) is 3. The van der Waals surface area contributed by atoms with E-state index < -0.39 is 11.9 Å². The highest BCUT2D eigenvalue weighted by molar-refractivity contribution is 7.12. The molecule has 9 heteroatoms. The Morgan fingerprint density at radius 2 is 1.91 bits per heavy atom. The maximum atomic E-state index is 11.6. The van der Waals surface area contributed by atoms with Crippen LogP contribution in [0.2, 0.25) is 0 Å². The Labute approximate surface area is 136 Å². The zero-order valence-corrected chi connectivity index (χ0v) is 13.1. The van der Waals surface area contributed by atoms with E-state index in [4.69, 9.17) is 4.74 Å². The lowest BCUT2D eigenvalue weighted by molar-refractivity contribution is -0.148. The van der Waals surface area contributed by atoms with Crippen molar-refractivity contribution < 1.29 is 23.9 Å². The molecule has 0 bridgehead atoms. The monoisotopic (exact) mass is 339 g/mol. The average molecular weight is 339 g/mol. The molecule has 3 N–H and O–H groups in total. The smallest absolute Gasteiger partial charge is 0.325 e. The summed E-state index contributed by atoms with van der Waals surface area (Å²) < 4.78 is 4.72. The summed E-state index contributed by atoms with van der Waals surface area (Å²) in [4.78, 5) is 46.3. The molecule has 0 saturated heterocycles. The second-order valence-electron chi connectivity index (χ2n) is 4.94. The molecular formula is C14H17N3O5S. The zero-order valence-electron chi connectivity index (χ0n) is 12.3. The van der Waals surface area contributed by atoms with E-state index in [1.165, 1.54) is 11.3 Å². The fourth-order valence-corrected chi connectivity index (χ4v) is 2.22. The summed E-state index contributed by atoms with van der Waals surface area (Å²) in [5, 5.41) is 9.16. The minimum Gasteiger partial charge on any atom is -0.454 e. The maximum absolute atomic E-state index is 11.6. The predicted molar refractivity (Wildman–Crippen MR) is 81.8 cm³/mol. The molecule has 0 spiro atoms. The fraction of sp³-hybridized carbons (Fsp3) is 0.429. The quantitative estimate of drug-likeness (QED) is 0.548. The molecule has 0 radical (unpaired) electrons. The lowest BCUT2D eigenvalue weighted by Gasteiger charge is -2.07. The number of hydrogen-bond acceptors (Lipinski definition) is 6. The van der Waals surface area contributed by atoms with Gasteiger partial charge in [-0.2, -0.15) is 0 Å². The van der Waals surface area contributed by atoms with E-state index in [0.29, 0.717) is 4.88 Å². The van der Waals surface area contributed by atoms with Crippen LogP contribution in [-0.4, -0.2) is 49.4 Å². The van der Waals surface area contributed by atoms with Gasteiger partial charge >= 0.3 is 5.97 Å². The minimum absolute atomic E-state index is 0.202. The van der Waals surface area contributed by atoms with Crippen LogP contribution in [-0.2, 0) is 19.1 Å². The second-order valence-corrected chi connectivity index (χ2v) is 5.89. The third kappa shape index (κ3) is 6.47. The van der Waals surface area contributed by atoms with Gasteiger partial charge in [0, 0.05) is 6.04 Å². The van der Waals surface area contributed by atoms with E-state index in [0.717, 1.165) is 12.8 Å². The number of amides is 3. The minimum atomic E-state index is -0.714. The van der Waals surface area contributed by atoms with Gasteiger partial charge < -0.3 is 20.7 Å². The third-order valence-electron chi connectivity index (χ3n) is 2.89. The van der Waals surface area contributed by atoms with Crippen LogP contribution in [0.4, 0.5) is 0 Å². The Morgan fingerprint density at radius 1 is 1.13 bits per heavy atom. The number of nitrogens with one attached hydrogen (secondary N) is 3. The van der Waals surface area contributed by atoms with E-state index >= 15 is 0 Å². The fourth-order valence-electron chi connectivity index (χ4n) is 1.58. The zero-order chi connectivity index (χ0) is 16.7. The van der Waals surface area contributed by atoms with Crippen LogP contribution in [0.1, 0.15) is 22.5 Å². The average Bonchev–Trinajstić information content (AvgIpc) is 3.16. The SMILES string of the molecule is O=C(CNC(=O)c1cccs1)NCC(=O)OCC(=O)NC1CC1. The largest absolute Gasteiger partial charge is 0.454 e. The van der Waals surface area contributed by atoms with Crippen molar-refractivity contribution in [1.82, 2.24) is 16.0 Å². The topological polar surface area (TPSA) is 114 Å². The lowest BCUT2D eigenvalue weighted by atomic mass is 10.4. The number of carbonyl (C=O) groups is 4. The Hall–Kier alpha value is -2.42. The molecule has 1 saturated carbocycles. The van der Waals surface area contributed by atoms with Crippen LogP contribution in [0.5, 0.6) is 0 Å². The van der Waals surface area contributed by atoms with Crippen LogP contribution >= 0.6 is 11.3 Å². The molecule has 1 fully saturated rings. The van der Waals surface area contributed by atoms with Gasteiger partial charge in [-0.15, -0.1) is 11.3 Å². The Kier molecular flexibility index (Phi) is 6.10. The molecule has 2 rings (SSSR count). The first-order valence-electron chi connectivity index (χ1n) is 7.08. The molecule has 0 aromatic carbocycles. The summed E-state index contributed by atoms with van der Waals surface area (Å²) >= 11 is 1.26. The Morgan fingerprint density at radius 3 is 2.57 bits per heavy atom. The van der Waals surface area contributed by atoms with Crippen molar-refractivity contribution in [3.8, 4) is 0 Å². The van der Waals surface area contributed by atoms with Crippen LogP contribution in [0, 0.1) is 0 Å². The number of rotatable bonds is 8. The summed E-state index contributed by atoms with van der Waals surface area (Å²) in [5.41, 5.74) is 0. The van der Waals surface area contributed by atoms with Crippen LogP contribution < -0.4 is 16.0 Å². The number of esters is 1. The van der Waals surface area contributed by atoms with Gasteiger partial charge in [-0.05, 0) is 24.3 Å². The highest BCUT2D eigenvalue weighted by Crippen LogP contribution is 2.18. The van der Waals surface area contributed by atoms with Crippen LogP contribution in [0.15, 0.2) is 17.5 Å². The summed E-state index contributed by atoms with van der Waals surface area (Å²) in [5.74, 6) is -1.94. The Balaban J connectivity index is 1.55. The highest BCUT2D eigenvalue weighted by atomic mass is 32.1. The van der Waals surface area contributed by atoms with Gasteiger partial charge in [0.1, 0.15) is 6.54 Å². The normalized spacial score (nSPS) is 13.0. The van der Waals surface area contributed by atoms with E-state index in [1.54, 1.807) is 17.5 Å². The lowest BCUT2D eigenvalue weighted by Crippen LogP contribution is -2.40. The summed E-state index contributed by atoms with van der Waals surface area (Å²) in [6.45, 7) is -0.961. The molecule has 1 heterocycles. The summed E-state index contributed by atoms with van der Waals surface area (Å²) in [6.07, 6.45) is 1.90. The molecule has 1 aliphatic rings. The van der Waals surface area contributed by atoms with Gasteiger partial charge in [0.2, 0.25) is 5.91 Å². The van der Waals surface area contributed by atoms with Crippen molar-refractivity contribution in [2.75, 3.05) is 19.7 Å². The molecule has 0 unspecified atom stereocenters. The van der Waals surface area contributed by atoms with E-state index in [2.05, 4.69) is 16.0 Å². The molecule has 1 aromatic heterocycles. The van der Waals surface area contributed by atoms with Crippen molar-refractivity contribution in [2.24, 2.45) is 0 Å². The molecule has 124 valence electrons. The van der Waals surface area contributed by atoms with Crippen LogP contribution in [0.3, 0.4) is 0 Å². The Bertz CT molecular complexity index is 583. The van der Waals surface area contributed by atoms with E-state index in [1.807, 2.05) is 0 Å². The summed E-state index contributed by atoms with van der Waals surface area (Å²) in [6, 6.07) is 3.57. The number of ether oxygens (including phenoxy) is 1. The van der Waals surface area contributed by atoms with E-state index in [-0.39, 0.29) is 37.6 Å². The van der Waals surface area contributed by atoms with Gasteiger partial charge in [-0.1, -0.05) is 6.07 Å². The van der Waals surface area contributed by atoms with Crippen molar-refractivity contribution in [3.05, 3.63) is 22.4 Å². The van der Waals surface area contributed by atoms with Gasteiger partial charge in [-0.25, -0.2) is 0 Å². The van der Waals surface area contributed by atoms with Gasteiger partial charge in [-0.3, -0.25) is 19.2 Å². The maximum Gasteiger partial charge on any atom is 0.325 e. The molecule has 23 heavy (non-hydrogen) atoms. The van der Waals surface area contributed by atoms with Gasteiger partial charge in [0.05, 0.1) is 11.4 Å². The standard InChI is InChI=1S/C14H17N3O5S/c18-11(6-16-14(21)10-2-1-5-23-10)15-7-13(20)22-8-12(19)17-9-3-4-9/h1-2,5,9H,3-4,6-8H2,(H,15,18)(H,16,21)(H,17,19). The first kappa shape index (κ1) is 16.9. The molecule has 3 amide bonds. The molecular weight excluding hydrogens is 322 g/mol. The first-order chi connectivity index (χ1) is 11.0. The number of carbonyl (C=O) groups excluding carboxylic acids is 4. The molecule has 0 aliphatic heterocycles. The second kappa shape index (κ2) is 8.28. The van der Waals surface area contributed by atoms with E-state index in [9.17, 15) is 19.2 Å². The molecule has 0 atom stereocenters. The predicted octanol–water partition coefficient (Wildman–Crippen LogP) is -0.584. The third-order valence-corrected chi connectivity index (χ3v) is 3.76. The van der Waals surface area contributed by atoms with Crippen molar-refractivity contribution in [1.29, 1.82) is 0 Å². The highest BCUT2D eigenvalue weighted by Gasteiger charge is 2.23. The van der Waals surface area contributed by atoms with Crippen LogP contribution in [0.25, 0.3) is 0 Å². The molecule has 1 aliphatic carbocycles. The van der Waals surface area contributed by atoms with Gasteiger partial charge in [0.15, 0.2) is 6.61 Å². The van der Waals surface area contributed by atoms with Crippen molar-refractivity contribution in [3.63, 3.8) is 0 Å².